The summed E-state index contributed by atoms with van der Waals surface area (Å²) in [6.45, 7) is 1.54. The van der Waals surface area contributed by atoms with E-state index in [1.807, 2.05) is 0 Å². The molecule has 0 fully saturated rings. The smallest absolute Gasteiger partial charge is 0.405 e. The van der Waals surface area contributed by atoms with Crippen molar-refractivity contribution in [3.8, 4) is 11.1 Å². The molecule has 0 unspecified atom stereocenters. The largest absolute Gasteiger partial charge is 0.417 e. The standard InChI is InChI=1S/C24H19F4N5O/c1-15(32-21-8-7-18(12-31-21)24(26,27)28)11-17(9-10-29)23(34)33-20-14-30-13-19(25)22(20)16-5-3-2-4-6-16/h2-14H,29H2,1H3,(H,33,34). The number of carbonyl (C=O) groups is 1. The lowest BCUT2D eigenvalue weighted by molar-refractivity contribution is -0.137. The Kier molecular flexibility index (Phi) is 7.52. The SMILES string of the molecule is CC(C=C(C=CN)C(=O)Nc1cncc(F)c1-c1ccccc1)=Nc1ccc(C(F)(F)F)cn1. The average molecular weight is 469 g/mol. The van der Waals surface area contributed by atoms with Crippen LogP contribution >= 0.6 is 0 Å². The Morgan fingerprint density at radius 3 is 2.44 bits per heavy atom. The Morgan fingerprint density at radius 1 is 1.09 bits per heavy atom. The van der Waals surface area contributed by atoms with E-state index in [9.17, 15) is 22.4 Å². The summed E-state index contributed by atoms with van der Waals surface area (Å²) in [5, 5.41) is 2.62. The third kappa shape index (κ3) is 6.12. The van der Waals surface area contributed by atoms with Gasteiger partial charge in [-0.05, 0) is 43.0 Å². The molecule has 3 N–H and O–H groups in total. The fraction of sp³-hybridized carbons (Fsp3) is 0.0833. The van der Waals surface area contributed by atoms with Gasteiger partial charge in [0.25, 0.3) is 5.91 Å². The number of nitrogens with zero attached hydrogens (tertiary/aromatic N) is 3. The second-order valence-corrected chi connectivity index (χ2v) is 6.98. The molecule has 1 amide bonds. The molecule has 0 aliphatic rings. The van der Waals surface area contributed by atoms with E-state index in [1.165, 1.54) is 25.3 Å². The summed E-state index contributed by atoms with van der Waals surface area (Å²) >= 11 is 0. The predicted molar refractivity (Wildman–Crippen MR) is 122 cm³/mol. The first kappa shape index (κ1) is 24.3. The fourth-order valence-electron chi connectivity index (χ4n) is 2.97. The highest BCUT2D eigenvalue weighted by Gasteiger charge is 2.30. The third-order valence-electron chi connectivity index (χ3n) is 4.48. The number of halogens is 4. The topological polar surface area (TPSA) is 93.3 Å². The minimum atomic E-state index is -4.51. The molecule has 0 atom stereocenters. The van der Waals surface area contributed by atoms with Gasteiger partial charge in [-0.25, -0.2) is 14.4 Å². The number of aliphatic imine (C=N–C) groups is 1. The van der Waals surface area contributed by atoms with Gasteiger partial charge in [0.05, 0.1) is 23.6 Å². The number of allylic oxidation sites excluding steroid dienone is 1. The van der Waals surface area contributed by atoms with Crippen molar-refractivity contribution in [1.29, 1.82) is 0 Å². The molecule has 0 saturated heterocycles. The zero-order valence-corrected chi connectivity index (χ0v) is 17.8. The summed E-state index contributed by atoms with van der Waals surface area (Å²) < 4.78 is 52.6. The minimum absolute atomic E-state index is 0.0268. The number of amides is 1. The number of anilines is 1. The van der Waals surface area contributed by atoms with Crippen LogP contribution in [0.2, 0.25) is 0 Å². The molecule has 1 aromatic carbocycles. The van der Waals surface area contributed by atoms with Crippen molar-refractivity contribution in [2.45, 2.75) is 13.1 Å². The minimum Gasteiger partial charge on any atom is -0.405 e. The number of pyridine rings is 2. The molecule has 10 heteroatoms. The lowest BCUT2D eigenvalue weighted by atomic mass is 10.0. The van der Waals surface area contributed by atoms with Gasteiger partial charge in [-0.1, -0.05) is 30.3 Å². The van der Waals surface area contributed by atoms with Gasteiger partial charge in [0.15, 0.2) is 11.6 Å². The van der Waals surface area contributed by atoms with Gasteiger partial charge in [-0.2, -0.15) is 13.2 Å². The summed E-state index contributed by atoms with van der Waals surface area (Å²) in [5.41, 5.74) is 5.76. The van der Waals surface area contributed by atoms with Crippen molar-refractivity contribution in [3.63, 3.8) is 0 Å². The van der Waals surface area contributed by atoms with E-state index < -0.39 is 23.5 Å². The van der Waals surface area contributed by atoms with Crippen LogP contribution in [0.5, 0.6) is 0 Å². The summed E-state index contributed by atoms with van der Waals surface area (Å²) in [7, 11) is 0. The van der Waals surface area contributed by atoms with Gasteiger partial charge in [0.2, 0.25) is 0 Å². The summed E-state index contributed by atoms with van der Waals surface area (Å²) in [6.07, 6.45) is 2.34. The number of nitrogens with two attached hydrogens (primary N) is 1. The Bertz CT molecular complexity index is 1250. The van der Waals surface area contributed by atoms with Gasteiger partial charge in [0.1, 0.15) is 0 Å². The summed E-state index contributed by atoms with van der Waals surface area (Å²) in [5.74, 6) is -1.21. The van der Waals surface area contributed by atoms with Crippen LogP contribution in [0, 0.1) is 5.82 Å². The second kappa shape index (κ2) is 10.5. The number of hydrogen-bond donors (Lipinski definition) is 2. The van der Waals surface area contributed by atoms with Gasteiger partial charge >= 0.3 is 6.18 Å². The van der Waals surface area contributed by atoms with Crippen LogP contribution in [0.25, 0.3) is 11.1 Å². The Balaban J connectivity index is 1.88. The molecule has 0 radical (unpaired) electrons. The van der Waals surface area contributed by atoms with Gasteiger partial charge in [0, 0.05) is 23.0 Å². The van der Waals surface area contributed by atoms with E-state index in [2.05, 4.69) is 20.3 Å². The van der Waals surface area contributed by atoms with Crippen LogP contribution in [-0.2, 0) is 11.0 Å². The molecule has 34 heavy (non-hydrogen) atoms. The average Bonchev–Trinajstić information content (AvgIpc) is 2.79. The molecule has 0 aliphatic heterocycles. The molecular weight excluding hydrogens is 450 g/mol. The van der Waals surface area contributed by atoms with Crippen LogP contribution in [-0.4, -0.2) is 21.6 Å². The van der Waals surface area contributed by atoms with Gasteiger partial charge in [-0.3, -0.25) is 9.78 Å². The van der Waals surface area contributed by atoms with Crippen LogP contribution in [0.1, 0.15) is 12.5 Å². The highest BCUT2D eigenvalue weighted by Crippen LogP contribution is 2.31. The van der Waals surface area contributed by atoms with Gasteiger partial charge < -0.3 is 11.1 Å². The predicted octanol–water partition coefficient (Wildman–Crippen LogP) is 5.43. The monoisotopic (exact) mass is 469 g/mol. The van der Waals surface area contributed by atoms with Gasteiger partial charge in [-0.15, -0.1) is 0 Å². The van der Waals surface area contributed by atoms with Crippen molar-refractivity contribution in [2.24, 2.45) is 10.7 Å². The molecule has 0 saturated carbocycles. The lowest BCUT2D eigenvalue weighted by Crippen LogP contribution is -2.16. The maximum atomic E-state index is 14.5. The Labute approximate surface area is 192 Å². The lowest BCUT2D eigenvalue weighted by Gasteiger charge is -2.12. The molecule has 3 aromatic rings. The summed E-state index contributed by atoms with van der Waals surface area (Å²) in [4.78, 5) is 24.5. The summed E-state index contributed by atoms with van der Waals surface area (Å²) in [6, 6.07) is 10.6. The van der Waals surface area contributed by atoms with Crippen molar-refractivity contribution >= 4 is 23.1 Å². The van der Waals surface area contributed by atoms with Crippen molar-refractivity contribution in [1.82, 2.24) is 9.97 Å². The number of rotatable bonds is 6. The van der Waals surface area contributed by atoms with E-state index in [0.717, 1.165) is 24.5 Å². The number of aromatic nitrogens is 2. The first-order valence-electron chi connectivity index (χ1n) is 9.88. The first-order chi connectivity index (χ1) is 16.2. The maximum Gasteiger partial charge on any atom is 0.417 e. The first-order valence-corrected chi connectivity index (χ1v) is 9.88. The molecule has 3 rings (SSSR count). The molecule has 0 spiro atoms. The zero-order valence-electron chi connectivity index (χ0n) is 17.8. The molecular formula is C24H19F4N5O. The van der Waals surface area contributed by atoms with Crippen LogP contribution < -0.4 is 11.1 Å². The van der Waals surface area contributed by atoms with E-state index in [-0.39, 0.29) is 28.4 Å². The van der Waals surface area contributed by atoms with E-state index in [1.54, 1.807) is 30.3 Å². The van der Waals surface area contributed by atoms with E-state index in [4.69, 9.17) is 5.73 Å². The van der Waals surface area contributed by atoms with Crippen molar-refractivity contribution in [3.05, 3.63) is 96.4 Å². The molecule has 2 heterocycles. The zero-order chi connectivity index (χ0) is 24.7. The molecule has 0 aliphatic carbocycles. The van der Waals surface area contributed by atoms with Crippen LogP contribution in [0.3, 0.4) is 0 Å². The molecule has 0 bridgehead atoms. The van der Waals surface area contributed by atoms with Crippen LogP contribution in [0.4, 0.5) is 29.1 Å². The fourth-order valence-corrected chi connectivity index (χ4v) is 2.97. The second-order valence-electron chi connectivity index (χ2n) is 6.98. The molecule has 6 nitrogen and oxygen atoms in total. The number of alkyl halides is 3. The number of benzene rings is 1. The maximum absolute atomic E-state index is 14.5. The highest BCUT2D eigenvalue weighted by molar-refractivity contribution is 6.11. The Hall–Kier alpha value is -4.34. The third-order valence-corrected chi connectivity index (χ3v) is 4.48. The molecule has 174 valence electrons. The van der Waals surface area contributed by atoms with Crippen molar-refractivity contribution < 1.29 is 22.4 Å². The number of carbonyl (C=O) groups excluding carboxylic acids is 1. The number of hydrogen-bond acceptors (Lipinski definition) is 5. The normalized spacial score (nSPS) is 12.7. The Morgan fingerprint density at radius 2 is 1.82 bits per heavy atom. The highest BCUT2D eigenvalue weighted by atomic mass is 19.4. The quantitative estimate of drug-likeness (QED) is 0.218. The van der Waals surface area contributed by atoms with Crippen molar-refractivity contribution in [2.75, 3.05) is 5.32 Å². The van der Waals surface area contributed by atoms with E-state index >= 15 is 0 Å². The molecule has 2 aromatic heterocycles. The van der Waals surface area contributed by atoms with Crippen LogP contribution in [0.15, 0.2) is 90.0 Å². The number of nitrogens with one attached hydrogen (secondary N) is 1. The van der Waals surface area contributed by atoms with E-state index in [0.29, 0.717) is 11.8 Å².